The summed E-state index contributed by atoms with van der Waals surface area (Å²) in [5.74, 6) is 0. The predicted octanol–water partition coefficient (Wildman–Crippen LogP) is 1.90. The minimum Gasteiger partial charge on any atom is -0.465 e. The molecule has 1 rings (SSSR count). The zero-order valence-corrected chi connectivity index (χ0v) is 9.47. The summed E-state index contributed by atoms with van der Waals surface area (Å²) < 4.78 is 0. The van der Waals surface area contributed by atoms with E-state index in [4.69, 9.17) is 10.8 Å². The lowest BCUT2D eigenvalue weighted by Gasteiger charge is -2.22. The molecule has 0 unspecified atom stereocenters. The van der Waals surface area contributed by atoms with Crippen LogP contribution >= 0.6 is 0 Å². The van der Waals surface area contributed by atoms with E-state index in [1.165, 1.54) is 4.90 Å². The second-order valence-corrected chi connectivity index (χ2v) is 3.82. The predicted molar refractivity (Wildman–Crippen MR) is 63.1 cm³/mol. The molecule has 4 nitrogen and oxygen atoms in total. The minimum atomic E-state index is -0.923. The molecule has 0 saturated heterocycles. The second-order valence-electron chi connectivity index (χ2n) is 3.82. The van der Waals surface area contributed by atoms with E-state index in [0.29, 0.717) is 13.1 Å². The van der Waals surface area contributed by atoms with Gasteiger partial charge in [0.05, 0.1) is 0 Å². The topological polar surface area (TPSA) is 66.6 Å². The molecule has 0 fully saturated rings. The Labute approximate surface area is 95.7 Å². The van der Waals surface area contributed by atoms with Gasteiger partial charge in [-0.2, -0.15) is 0 Å². The largest absolute Gasteiger partial charge is 0.465 e. The first-order valence-electron chi connectivity index (χ1n) is 5.40. The average molecular weight is 222 g/mol. The lowest BCUT2D eigenvalue weighted by Crippen LogP contribution is -2.39. The van der Waals surface area contributed by atoms with Gasteiger partial charge < -0.3 is 15.7 Å². The zero-order chi connectivity index (χ0) is 12.0. The van der Waals surface area contributed by atoms with E-state index in [9.17, 15) is 4.79 Å². The Bertz CT molecular complexity index is 327. The average Bonchev–Trinajstić information content (AvgIpc) is 2.29. The highest BCUT2D eigenvalue weighted by Crippen LogP contribution is 2.05. The molecule has 0 aliphatic heterocycles. The van der Waals surface area contributed by atoms with E-state index >= 15 is 0 Å². The summed E-state index contributed by atoms with van der Waals surface area (Å²) in [6, 6.07) is 9.43. The van der Waals surface area contributed by atoms with Crippen molar-refractivity contribution in [3.8, 4) is 0 Å². The molecule has 1 aromatic carbocycles. The molecule has 88 valence electrons. The Hall–Kier alpha value is -1.55. The molecule has 0 aliphatic rings. The Morgan fingerprint density at radius 2 is 2.06 bits per heavy atom. The maximum absolute atomic E-state index is 11.0. The van der Waals surface area contributed by atoms with Gasteiger partial charge in [0, 0.05) is 19.1 Å². The summed E-state index contributed by atoms with van der Waals surface area (Å²) in [7, 11) is 0. The van der Waals surface area contributed by atoms with Crippen molar-refractivity contribution in [2.75, 3.05) is 6.54 Å². The van der Waals surface area contributed by atoms with E-state index in [2.05, 4.69) is 0 Å². The molecule has 0 aliphatic carbocycles. The van der Waals surface area contributed by atoms with Crippen LogP contribution in [-0.4, -0.2) is 28.7 Å². The maximum atomic E-state index is 11.0. The summed E-state index contributed by atoms with van der Waals surface area (Å²) in [6.45, 7) is 2.72. The van der Waals surface area contributed by atoms with Crippen molar-refractivity contribution in [2.45, 2.75) is 25.9 Å². The van der Waals surface area contributed by atoms with Crippen LogP contribution in [-0.2, 0) is 6.54 Å². The van der Waals surface area contributed by atoms with E-state index < -0.39 is 6.09 Å². The van der Waals surface area contributed by atoms with Crippen LogP contribution in [0, 0.1) is 0 Å². The van der Waals surface area contributed by atoms with Gasteiger partial charge in [0.1, 0.15) is 0 Å². The molecule has 1 amide bonds. The highest BCUT2D eigenvalue weighted by molar-refractivity contribution is 5.65. The molecule has 1 atom stereocenters. The molecule has 4 heteroatoms. The fraction of sp³-hybridized carbons (Fsp3) is 0.417. The van der Waals surface area contributed by atoms with Crippen LogP contribution in [0.1, 0.15) is 18.9 Å². The van der Waals surface area contributed by atoms with E-state index in [-0.39, 0.29) is 6.04 Å². The number of hydrogen-bond donors (Lipinski definition) is 2. The van der Waals surface area contributed by atoms with Crippen LogP contribution in [0.2, 0.25) is 0 Å². The lowest BCUT2D eigenvalue weighted by atomic mass is 10.2. The number of nitrogens with two attached hydrogens (primary N) is 1. The normalized spacial score (nSPS) is 12.1. The molecule has 16 heavy (non-hydrogen) atoms. The summed E-state index contributed by atoms with van der Waals surface area (Å²) in [4.78, 5) is 12.4. The van der Waals surface area contributed by atoms with E-state index in [0.717, 1.165) is 12.0 Å². The standard InChI is InChI=1S/C12H18N2O2/c1-2-11(13)9-14(12(15)16)8-10-6-4-3-5-7-10/h3-7,11H,2,8-9,13H2,1H3,(H,15,16)/t11-/m1/s1. The number of benzene rings is 1. The molecule has 0 heterocycles. The molecule has 0 aromatic heterocycles. The van der Waals surface area contributed by atoms with Crippen molar-refractivity contribution in [2.24, 2.45) is 5.73 Å². The van der Waals surface area contributed by atoms with Gasteiger partial charge in [0.2, 0.25) is 0 Å². The van der Waals surface area contributed by atoms with Crippen molar-refractivity contribution >= 4 is 6.09 Å². The van der Waals surface area contributed by atoms with Crippen molar-refractivity contribution in [1.29, 1.82) is 0 Å². The summed E-state index contributed by atoms with van der Waals surface area (Å²) in [5.41, 5.74) is 6.74. The van der Waals surface area contributed by atoms with Gasteiger partial charge in [-0.3, -0.25) is 0 Å². The van der Waals surface area contributed by atoms with Gasteiger partial charge >= 0.3 is 6.09 Å². The number of amides is 1. The maximum Gasteiger partial charge on any atom is 0.407 e. The van der Waals surface area contributed by atoms with Crippen molar-refractivity contribution < 1.29 is 9.90 Å². The first-order valence-corrected chi connectivity index (χ1v) is 5.40. The number of carbonyl (C=O) groups is 1. The number of rotatable bonds is 5. The zero-order valence-electron chi connectivity index (χ0n) is 9.47. The van der Waals surface area contributed by atoms with Gasteiger partial charge in [-0.15, -0.1) is 0 Å². The third-order valence-electron chi connectivity index (χ3n) is 2.47. The lowest BCUT2D eigenvalue weighted by molar-refractivity contribution is 0.139. The highest BCUT2D eigenvalue weighted by atomic mass is 16.4. The fourth-order valence-electron chi connectivity index (χ4n) is 1.43. The van der Waals surface area contributed by atoms with Gasteiger partial charge in [0.25, 0.3) is 0 Å². The van der Waals surface area contributed by atoms with Crippen LogP contribution in [0.3, 0.4) is 0 Å². The molecular formula is C12H18N2O2. The summed E-state index contributed by atoms with van der Waals surface area (Å²) in [6.07, 6.45) is -0.147. The smallest absolute Gasteiger partial charge is 0.407 e. The van der Waals surface area contributed by atoms with Crippen LogP contribution in [0.25, 0.3) is 0 Å². The number of hydrogen-bond acceptors (Lipinski definition) is 2. The van der Waals surface area contributed by atoms with Crippen LogP contribution < -0.4 is 5.73 Å². The molecule has 1 aromatic rings. The molecule has 0 radical (unpaired) electrons. The summed E-state index contributed by atoms with van der Waals surface area (Å²) >= 11 is 0. The third kappa shape index (κ3) is 3.90. The fourth-order valence-corrected chi connectivity index (χ4v) is 1.43. The Morgan fingerprint density at radius 3 is 2.56 bits per heavy atom. The van der Waals surface area contributed by atoms with Crippen LogP contribution in [0.4, 0.5) is 4.79 Å². The minimum absolute atomic E-state index is 0.0974. The molecule has 0 spiro atoms. The van der Waals surface area contributed by atoms with E-state index in [1.807, 2.05) is 37.3 Å². The van der Waals surface area contributed by atoms with Crippen molar-refractivity contribution in [3.05, 3.63) is 35.9 Å². The SMILES string of the molecule is CC[C@@H](N)CN(Cc1ccccc1)C(=O)O. The Morgan fingerprint density at radius 1 is 1.44 bits per heavy atom. The molecule has 0 bridgehead atoms. The first kappa shape index (κ1) is 12.5. The first-order chi connectivity index (χ1) is 7.63. The van der Waals surface area contributed by atoms with Crippen LogP contribution in [0.5, 0.6) is 0 Å². The number of nitrogens with zero attached hydrogens (tertiary/aromatic N) is 1. The Kier molecular flexibility index (Phi) is 4.79. The van der Waals surface area contributed by atoms with Crippen molar-refractivity contribution in [3.63, 3.8) is 0 Å². The van der Waals surface area contributed by atoms with Gasteiger partial charge in [-0.25, -0.2) is 4.79 Å². The van der Waals surface area contributed by atoms with Gasteiger partial charge in [-0.1, -0.05) is 37.3 Å². The van der Waals surface area contributed by atoms with Gasteiger partial charge in [0.15, 0.2) is 0 Å². The third-order valence-corrected chi connectivity index (χ3v) is 2.47. The number of carboxylic acid groups (broad SMARTS) is 1. The second kappa shape index (κ2) is 6.12. The molecule has 3 N–H and O–H groups in total. The van der Waals surface area contributed by atoms with Crippen LogP contribution in [0.15, 0.2) is 30.3 Å². The molecular weight excluding hydrogens is 204 g/mol. The van der Waals surface area contributed by atoms with Crippen molar-refractivity contribution in [1.82, 2.24) is 4.90 Å². The quantitative estimate of drug-likeness (QED) is 0.799. The monoisotopic (exact) mass is 222 g/mol. The van der Waals surface area contributed by atoms with E-state index in [1.54, 1.807) is 0 Å². The summed E-state index contributed by atoms with van der Waals surface area (Å²) in [5, 5.41) is 9.05. The highest BCUT2D eigenvalue weighted by Gasteiger charge is 2.14. The van der Waals surface area contributed by atoms with Gasteiger partial charge in [-0.05, 0) is 12.0 Å². The Balaban J connectivity index is 2.62. The molecule has 0 saturated carbocycles.